The molecule has 1 aliphatic carbocycles. The van der Waals surface area contributed by atoms with Gasteiger partial charge in [-0.05, 0) is 62.4 Å². The SMILES string of the molecule is CCn1nc(CN2CCCN(S(=O)(=O)c3ccc4c(c3)CCC4)CC2)c2c1CCOC2. The van der Waals surface area contributed by atoms with E-state index in [1.807, 2.05) is 12.1 Å². The molecule has 8 heteroatoms. The summed E-state index contributed by atoms with van der Waals surface area (Å²) in [6, 6.07) is 5.71. The molecule has 168 valence electrons. The molecule has 1 saturated heterocycles. The van der Waals surface area contributed by atoms with Crippen molar-refractivity contribution in [1.29, 1.82) is 0 Å². The molecule has 7 nitrogen and oxygen atoms in total. The minimum Gasteiger partial charge on any atom is -0.376 e. The largest absolute Gasteiger partial charge is 0.376 e. The maximum Gasteiger partial charge on any atom is 0.243 e. The molecule has 0 spiro atoms. The Morgan fingerprint density at radius 3 is 2.77 bits per heavy atom. The summed E-state index contributed by atoms with van der Waals surface area (Å²) < 4.78 is 36.1. The molecule has 0 unspecified atom stereocenters. The second-order valence-corrected chi connectivity index (χ2v) is 10.7. The van der Waals surface area contributed by atoms with Gasteiger partial charge < -0.3 is 4.74 Å². The van der Waals surface area contributed by atoms with Crippen molar-refractivity contribution in [3.8, 4) is 0 Å². The average molecular weight is 445 g/mol. The van der Waals surface area contributed by atoms with E-state index in [0.717, 1.165) is 70.6 Å². The van der Waals surface area contributed by atoms with Crippen LogP contribution in [0, 0.1) is 0 Å². The smallest absolute Gasteiger partial charge is 0.243 e. The minimum absolute atomic E-state index is 0.453. The predicted molar refractivity (Wildman–Crippen MR) is 118 cm³/mol. The number of nitrogens with zero attached hydrogens (tertiary/aromatic N) is 4. The summed E-state index contributed by atoms with van der Waals surface area (Å²) in [5, 5.41) is 4.85. The quantitative estimate of drug-likeness (QED) is 0.708. The van der Waals surface area contributed by atoms with Gasteiger partial charge in [0.15, 0.2) is 0 Å². The van der Waals surface area contributed by atoms with Crippen LogP contribution < -0.4 is 0 Å². The molecule has 3 heterocycles. The molecule has 1 aromatic heterocycles. The first-order valence-electron chi connectivity index (χ1n) is 11.6. The molecule has 0 N–H and O–H groups in total. The van der Waals surface area contributed by atoms with Crippen LogP contribution in [0.5, 0.6) is 0 Å². The van der Waals surface area contributed by atoms with Crippen molar-refractivity contribution >= 4 is 10.0 Å². The maximum atomic E-state index is 13.3. The van der Waals surface area contributed by atoms with Gasteiger partial charge in [0, 0.05) is 50.4 Å². The maximum absolute atomic E-state index is 13.3. The summed E-state index contributed by atoms with van der Waals surface area (Å²) in [7, 11) is -3.45. The van der Waals surface area contributed by atoms with Crippen molar-refractivity contribution in [1.82, 2.24) is 19.0 Å². The molecule has 31 heavy (non-hydrogen) atoms. The van der Waals surface area contributed by atoms with Gasteiger partial charge in [-0.2, -0.15) is 9.40 Å². The van der Waals surface area contributed by atoms with E-state index < -0.39 is 10.0 Å². The lowest BCUT2D eigenvalue weighted by molar-refractivity contribution is 0.107. The van der Waals surface area contributed by atoms with Gasteiger partial charge in [-0.3, -0.25) is 9.58 Å². The van der Waals surface area contributed by atoms with Crippen LogP contribution in [-0.4, -0.2) is 60.2 Å². The molecule has 0 amide bonds. The van der Waals surface area contributed by atoms with E-state index in [2.05, 4.69) is 16.5 Å². The summed E-state index contributed by atoms with van der Waals surface area (Å²) in [6.07, 6.45) is 4.93. The van der Waals surface area contributed by atoms with Crippen molar-refractivity contribution < 1.29 is 13.2 Å². The van der Waals surface area contributed by atoms with E-state index in [0.29, 0.717) is 24.6 Å². The van der Waals surface area contributed by atoms with E-state index in [1.165, 1.54) is 22.4 Å². The summed E-state index contributed by atoms with van der Waals surface area (Å²) in [4.78, 5) is 2.80. The Morgan fingerprint density at radius 1 is 1.03 bits per heavy atom. The van der Waals surface area contributed by atoms with Crippen molar-refractivity contribution in [2.45, 2.75) is 63.6 Å². The molecule has 0 saturated carbocycles. The van der Waals surface area contributed by atoms with Gasteiger partial charge in [0.05, 0.1) is 23.8 Å². The zero-order valence-corrected chi connectivity index (χ0v) is 19.2. The van der Waals surface area contributed by atoms with Gasteiger partial charge in [-0.15, -0.1) is 0 Å². The Balaban J connectivity index is 1.29. The number of aromatic nitrogens is 2. The third-order valence-corrected chi connectivity index (χ3v) is 8.80. The van der Waals surface area contributed by atoms with Crippen LogP contribution in [0.4, 0.5) is 0 Å². The normalized spacial score (nSPS) is 20.4. The number of hydrogen-bond acceptors (Lipinski definition) is 5. The third-order valence-electron chi connectivity index (χ3n) is 6.91. The third kappa shape index (κ3) is 4.06. The molecule has 3 aliphatic rings. The average Bonchev–Trinajstić information content (AvgIpc) is 3.31. The summed E-state index contributed by atoms with van der Waals surface area (Å²) in [6.45, 7) is 7.84. The van der Waals surface area contributed by atoms with E-state index in [-0.39, 0.29) is 0 Å². The lowest BCUT2D eigenvalue weighted by atomic mass is 10.1. The number of sulfonamides is 1. The molecule has 0 atom stereocenters. The minimum atomic E-state index is -3.45. The first-order chi connectivity index (χ1) is 15.1. The highest BCUT2D eigenvalue weighted by molar-refractivity contribution is 7.89. The molecule has 0 bridgehead atoms. The summed E-state index contributed by atoms with van der Waals surface area (Å²) >= 11 is 0. The second-order valence-electron chi connectivity index (χ2n) is 8.81. The van der Waals surface area contributed by atoms with Crippen LogP contribution in [0.3, 0.4) is 0 Å². The molecule has 0 radical (unpaired) electrons. The standard InChI is InChI=1S/C23H32N4O3S/c1-2-27-23-9-14-30-17-21(23)22(24-27)16-25-10-4-11-26(13-12-25)31(28,29)20-8-7-18-5-3-6-19(18)15-20/h7-8,15H,2-6,9-14,16-17H2,1H3. The zero-order valence-electron chi connectivity index (χ0n) is 18.3. The fourth-order valence-electron chi connectivity index (χ4n) is 5.18. The number of fused-ring (bicyclic) bond motifs is 2. The van der Waals surface area contributed by atoms with Gasteiger partial charge in [0.1, 0.15) is 0 Å². The number of ether oxygens (including phenoxy) is 1. The van der Waals surface area contributed by atoms with E-state index >= 15 is 0 Å². The Hall–Kier alpha value is -1.74. The van der Waals surface area contributed by atoms with Gasteiger partial charge in [0.2, 0.25) is 10.0 Å². The van der Waals surface area contributed by atoms with Gasteiger partial charge in [0.25, 0.3) is 0 Å². The number of rotatable bonds is 5. The fraction of sp³-hybridized carbons (Fsp3) is 0.609. The van der Waals surface area contributed by atoms with Crippen molar-refractivity contribution in [3.05, 3.63) is 46.3 Å². The first-order valence-corrected chi connectivity index (χ1v) is 13.0. The Morgan fingerprint density at radius 2 is 1.90 bits per heavy atom. The molecular weight excluding hydrogens is 412 g/mol. The van der Waals surface area contributed by atoms with Crippen LogP contribution in [0.1, 0.15) is 47.8 Å². The first kappa shape index (κ1) is 21.1. The Bertz CT molecular complexity index is 1060. The van der Waals surface area contributed by atoms with Crippen LogP contribution in [0.25, 0.3) is 0 Å². The highest BCUT2D eigenvalue weighted by Gasteiger charge is 2.29. The van der Waals surface area contributed by atoms with Gasteiger partial charge in [-0.1, -0.05) is 6.07 Å². The number of hydrogen-bond donors (Lipinski definition) is 0. The van der Waals surface area contributed by atoms with E-state index in [9.17, 15) is 8.42 Å². The summed E-state index contributed by atoms with van der Waals surface area (Å²) in [5.74, 6) is 0. The van der Waals surface area contributed by atoms with Crippen molar-refractivity contribution in [2.24, 2.45) is 0 Å². The molecular formula is C23H32N4O3S. The van der Waals surface area contributed by atoms with Crippen LogP contribution in [0.2, 0.25) is 0 Å². The Labute approximate surface area is 185 Å². The highest BCUT2D eigenvalue weighted by Crippen LogP contribution is 2.27. The Kier molecular flexibility index (Phi) is 5.90. The van der Waals surface area contributed by atoms with Crippen LogP contribution in [-0.2, 0) is 53.7 Å². The second kappa shape index (κ2) is 8.65. The zero-order chi connectivity index (χ0) is 21.4. The van der Waals surface area contributed by atoms with Crippen molar-refractivity contribution in [2.75, 3.05) is 32.8 Å². The number of benzene rings is 1. The lowest BCUT2D eigenvalue weighted by Gasteiger charge is -2.22. The van der Waals surface area contributed by atoms with Crippen LogP contribution in [0.15, 0.2) is 23.1 Å². The van der Waals surface area contributed by atoms with Crippen molar-refractivity contribution in [3.63, 3.8) is 0 Å². The van der Waals surface area contributed by atoms with E-state index in [4.69, 9.17) is 9.84 Å². The molecule has 5 rings (SSSR count). The van der Waals surface area contributed by atoms with Crippen LogP contribution >= 0.6 is 0 Å². The van der Waals surface area contributed by atoms with Gasteiger partial charge in [-0.25, -0.2) is 8.42 Å². The van der Waals surface area contributed by atoms with Gasteiger partial charge >= 0.3 is 0 Å². The fourth-order valence-corrected chi connectivity index (χ4v) is 6.70. The number of aryl methyl sites for hydroxylation is 3. The molecule has 2 aromatic rings. The topological polar surface area (TPSA) is 67.7 Å². The van der Waals surface area contributed by atoms with E-state index in [1.54, 1.807) is 10.4 Å². The molecule has 1 fully saturated rings. The molecule has 2 aliphatic heterocycles. The summed E-state index contributed by atoms with van der Waals surface area (Å²) in [5.41, 5.74) is 6.14. The molecule has 1 aromatic carbocycles. The monoisotopic (exact) mass is 444 g/mol. The highest BCUT2D eigenvalue weighted by atomic mass is 32.2. The lowest BCUT2D eigenvalue weighted by Crippen LogP contribution is -2.35. The predicted octanol–water partition coefficient (Wildman–Crippen LogP) is 2.36.